The zero-order chi connectivity index (χ0) is 16.7. The van der Waals surface area contributed by atoms with E-state index in [1.807, 2.05) is 34.6 Å². The molecule has 6 nitrogen and oxygen atoms in total. The predicted molar refractivity (Wildman–Crippen MR) is 86.7 cm³/mol. The van der Waals surface area contributed by atoms with Crippen LogP contribution in [0.4, 0.5) is 0 Å². The molecule has 1 unspecified atom stereocenters. The summed E-state index contributed by atoms with van der Waals surface area (Å²) < 4.78 is 24.3. The van der Waals surface area contributed by atoms with Crippen LogP contribution in [0, 0.1) is 0 Å². The van der Waals surface area contributed by atoms with Crippen LogP contribution in [0.2, 0.25) is 0 Å². The number of carbonyl (C=O) groups excluding carboxylic acids is 1. The molecule has 0 saturated carbocycles. The van der Waals surface area contributed by atoms with E-state index in [-0.39, 0.29) is 17.5 Å². The van der Waals surface area contributed by atoms with Gasteiger partial charge in [-0.3, -0.25) is 4.79 Å². The summed E-state index contributed by atoms with van der Waals surface area (Å²) in [4.78, 5) is 12.0. The molecule has 126 valence electrons. The molecule has 0 heterocycles. The summed E-state index contributed by atoms with van der Waals surface area (Å²) in [5, 5.41) is 6.11. The fourth-order valence-corrected chi connectivity index (χ4v) is 2.69. The number of hydrogen-bond acceptors (Lipinski definition) is 4. The second-order valence-electron chi connectivity index (χ2n) is 6.01. The van der Waals surface area contributed by atoms with Crippen molar-refractivity contribution in [1.29, 1.82) is 0 Å². The second-order valence-corrected chi connectivity index (χ2v) is 7.99. The number of amides is 1. The summed E-state index contributed by atoms with van der Waals surface area (Å²) in [5.41, 5.74) is -0.206. The van der Waals surface area contributed by atoms with Crippen LogP contribution in [-0.4, -0.2) is 56.1 Å². The highest BCUT2D eigenvalue weighted by atomic mass is 32.2. The van der Waals surface area contributed by atoms with Crippen molar-refractivity contribution in [2.45, 2.75) is 59.0 Å². The average Bonchev–Trinajstić information content (AvgIpc) is 2.36. The maximum atomic E-state index is 12.0. The first-order valence-electron chi connectivity index (χ1n) is 7.54. The SMILES string of the molecule is CCN(CCCNC(C)C(=O)NC(C)(C)CC)S(C)(=O)=O. The van der Waals surface area contributed by atoms with Gasteiger partial charge in [0.15, 0.2) is 0 Å². The van der Waals surface area contributed by atoms with Gasteiger partial charge in [0.2, 0.25) is 15.9 Å². The fraction of sp³-hybridized carbons (Fsp3) is 0.929. The van der Waals surface area contributed by atoms with Gasteiger partial charge in [-0.2, -0.15) is 0 Å². The normalized spacial score (nSPS) is 14.2. The molecule has 0 rings (SSSR count). The lowest BCUT2D eigenvalue weighted by atomic mass is 10.0. The topological polar surface area (TPSA) is 78.5 Å². The van der Waals surface area contributed by atoms with Crippen molar-refractivity contribution < 1.29 is 13.2 Å². The molecular formula is C14H31N3O3S. The maximum absolute atomic E-state index is 12.0. The number of sulfonamides is 1. The fourth-order valence-electron chi connectivity index (χ4n) is 1.76. The van der Waals surface area contributed by atoms with E-state index in [2.05, 4.69) is 10.6 Å². The van der Waals surface area contributed by atoms with Gasteiger partial charge in [-0.1, -0.05) is 13.8 Å². The zero-order valence-corrected chi connectivity index (χ0v) is 15.0. The molecule has 0 aromatic heterocycles. The molecule has 0 aromatic rings. The third-order valence-corrected chi connectivity index (χ3v) is 4.97. The molecule has 0 aromatic carbocycles. The highest BCUT2D eigenvalue weighted by Crippen LogP contribution is 2.07. The van der Waals surface area contributed by atoms with E-state index in [4.69, 9.17) is 0 Å². The Bertz CT molecular complexity index is 421. The third-order valence-electron chi connectivity index (χ3n) is 3.60. The lowest BCUT2D eigenvalue weighted by Gasteiger charge is -2.27. The van der Waals surface area contributed by atoms with Crippen LogP contribution in [0.1, 0.15) is 47.5 Å². The van der Waals surface area contributed by atoms with Gasteiger partial charge in [0.25, 0.3) is 0 Å². The summed E-state index contributed by atoms with van der Waals surface area (Å²) in [6.07, 6.45) is 2.76. The molecule has 0 aliphatic rings. The van der Waals surface area contributed by atoms with Crippen LogP contribution in [0.25, 0.3) is 0 Å². The summed E-state index contributed by atoms with van der Waals surface area (Å²) >= 11 is 0. The summed E-state index contributed by atoms with van der Waals surface area (Å²) in [6.45, 7) is 11.2. The van der Waals surface area contributed by atoms with Gasteiger partial charge >= 0.3 is 0 Å². The van der Waals surface area contributed by atoms with E-state index in [1.54, 1.807) is 0 Å². The van der Waals surface area contributed by atoms with Crippen LogP contribution in [0.15, 0.2) is 0 Å². The van der Waals surface area contributed by atoms with Crippen molar-refractivity contribution in [2.75, 3.05) is 25.9 Å². The van der Waals surface area contributed by atoms with Gasteiger partial charge in [-0.15, -0.1) is 0 Å². The van der Waals surface area contributed by atoms with Gasteiger partial charge in [-0.25, -0.2) is 12.7 Å². The zero-order valence-electron chi connectivity index (χ0n) is 14.2. The van der Waals surface area contributed by atoms with Crippen molar-refractivity contribution in [3.8, 4) is 0 Å². The number of nitrogens with one attached hydrogen (secondary N) is 2. The van der Waals surface area contributed by atoms with Gasteiger partial charge in [0.05, 0.1) is 12.3 Å². The second kappa shape index (κ2) is 8.70. The highest BCUT2D eigenvalue weighted by Gasteiger charge is 2.21. The number of rotatable bonds is 10. The summed E-state index contributed by atoms with van der Waals surface area (Å²) in [7, 11) is -3.13. The Kier molecular flexibility index (Phi) is 8.43. The van der Waals surface area contributed by atoms with E-state index in [0.717, 1.165) is 6.42 Å². The number of nitrogens with zero attached hydrogens (tertiary/aromatic N) is 1. The molecule has 0 aliphatic heterocycles. The van der Waals surface area contributed by atoms with Crippen LogP contribution in [0.5, 0.6) is 0 Å². The Labute approximate surface area is 129 Å². The molecule has 2 N–H and O–H groups in total. The van der Waals surface area contributed by atoms with Crippen LogP contribution in [0.3, 0.4) is 0 Å². The van der Waals surface area contributed by atoms with E-state index < -0.39 is 10.0 Å². The average molecular weight is 321 g/mol. The molecule has 0 radical (unpaired) electrons. The molecule has 0 aliphatic carbocycles. The van der Waals surface area contributed by atoms with Crippen molar-refractivity contribution in [3.63, 3.8) is 0 Å². The van der Waals surface area contributed by atoms with E-state index in [0.29, 0.717) is 26.1 Å². The molecule has 7 heteroatoms. The van der Waals surface area contributed by atoms with Gasteiger partial charge in [0, 0.05) is 18.6 Å². The first-order valence-corrected chi connectivity index (χ1v) is 9.39. The van der Waals surface area contributed by atoms with E-state index in [9.17, 15) is 13.2 Å². The number of hydrogen-bond donors (Lipinski definition) is 2. The molecule has 21 heavy (non-hydrogen) atoms. The monoisotopic (exact) mass is 321 g/mol. The Balaban J connectivity index is 4.10. The smallest absolute Gasteiger partial charge is 0.237 e. The molecule has 0 spiro atoms. The van der Waals surface area contributed by atoms with Gasteiger partial charge in [0.1, 0.15) is 0 Å². The Hall–Kier alpha value is -0.660. The molecule has 0 saturated heterocycles. The minimum absolute atomic E-state index is 0.0303. The minimum atomic E-state index is -3.13. The summed E-state index contributed by atoms with van der Waals surface area (Å²) in [6, 6.07) is -0.288. The van der Waals surface area contributed by atoms with E-state index >= 15 is 0 Å². The number of carbonyl (C=O) groups is 1. The van der Waals surface area contributed by atoms with Crippen molar-refractivity contribution in [3.05, 3.63) is 0 Å². The van der Waals surface area contributed by atoms with Gasteiger partial charge in [-0.05, 0) is 40.2 Å². The van der Waals surface area contributed by atoms with Gasteiger partial charge < -0.3 is 10.6 Å². The predicted octanol–water partition coefficient (Wildman–Crippen LogP) is 0.941. The lowest BCUT2D eigenvalue weighted by Crippen LogP contribution is -2.51. The molecule has 0 fully saturated rings. The minimum Gasteiger partial charge on any atom is -0.350 e. The van der Waals surface area contributed by atoms with Crippen LogP contribution < -0.4 is 10.6 Å². The maximum Gasteiger partial charge on any atom is 0.237 e. The van der Waals surface area contributed by atoms with Crippen molar-refractivity contribution in [1.82, 2.24) is 14.9 Å². The largest absolute Gasteiger partial charge is 0.350 e. The Morgan fingerprint density at radius 2 is 1.86 bits per heavy atom. The molecule has 0 bridgehead atoms. The first-order chi connectivity index (χ1) is 9.53. The van der Waals surface area contributed by atoms with Crippen molar-refractivity contribution in [2.24, 2.45) is 0 Å². The quantitative estimate of drug-likeness (QED) is 0.587. The highest BCUT2D eigenvalue weighted by molar-refractivity contribution is 7.88. The molecule has 1 atom stereocenters. The standard InChI is InChI=1S/C14H31N3O3S/c1-7-14(4,5)16-13(18)12(3)15-10-9-11-17(8-2)21(6,19)20/h12,15H,7-11H2,1-6H3,(H,16,18). The van der Waals surface area contributed by atoms with Crippen LogP contribution >= 0.6 is 0 Å². The van der Waals surface area contributed by atoms with Crippen LogP contribution in [-0.2, 0) is 14.8 Å². The Morgan fingerprint density at radius 3 is 2.29 bits per heavy atom. The molecule has 1 amide bonds. The Morgan fingerprint density at radius 1 is 1.29 bits per heavy atom. The van der Waals surface area contributed by atoms with E-state index in [1.165, 1.54) is 10.6 Å². The first kappa shape index (κ1) is 20.3. The third kappa shape index (κ3) is 8.38. The van der Waals surface area contributed by atoms with Crippen molar-refractivity contribution >= 4 is 15.9 Å². The molecular weight excluding hydrogens is 290 g/mol. The summed E-state index contributed by atoms with van der Waals surface area (Å²) in [5.74, 6) is -0.0303. The lowest BCUT2D eigenvalue weighted by molar-refractivity contribution is -0.124.